The van der Waals surface area contributed by atoms with Gasteiger partial charge in [-0.1, -0.05) is 30.7 Å². The van der Waals surface area contributed by atoms with Gasteiger partial charge in [0, 0.05) is 11.8 Å². The number of fused-ring (bicyclic) bond motifs is 5. The Balaban J connectivity index is 1.67. The number of nitrogens with zero attached hydrogens (tertiary/aromatic N) is 1. The van der Waals surface area contributed by atoms with Gasteiger partial charge in [-0.15, -0.1) is 0 Å². The first-order valence-corrected chi connectivity index (χ1v) is 9.04. The van der Waals surface area contributed by atoms with Crippen molar-refractivity contribution < 1.29 is 4.79 Å². The van der Waals surface area contributed by atoms with Crippen molar-refractivity contribution in [2.24, 2.45) is 33.8 Å². The molecule has 0 radical (unpaired) electrons. The Morgan fingerprint density at radius 2 is 1.82 bits per heavy atom. The zero-order chi connectivity index (χ0) is 15.5. The number of allylic oxidation sites excluding steroid dienone is 1. The molecule has 3 fully saturated rings. The molecule has 3 heteroatoms. The molecule has 0 heterocycles. The average molecular weight is 301 g/mol. The summed E-state index contributed by atoms with van der Waals surface area (Å²) in [6.45, 7) is 4.66. The minimum absolute atomic E-state index is 0.00205. The SMILES string of the molecule is CC12CCC3C(CC=C4CC(N=O)CCC43C)C1CCC2=O. The molecule has 22 heavy (non-hydrogen) atoms. The van der Waals surface area contributed by atoms with Gasteiger partial charge < -0.3 is 0 Å². The van der Waals surface area contributed by atoms with Gasteiger partial charge >= 0.3 is 0 Å². The zero-order valence-corrected chi connectivity index (χ0v) is 13.8. The van der Waals surface area contributed by atoms with Gasteiger partial charge in [0.2, 0.25) is 0 Å². The van der Waals surface area contributed by atoms with Crippen LogP contribution in [0.15, 0.2) is 16.8 Å². The van der Waals surface area contributed by atoms with Crippen LogP contribution in [-0.2, 0) is 4.79 Å². The molecule has 3 saturated carbocycles. The van der Waals surface area contributed by atoms with E-state index in [0.29, 0.717) is 23.5 Å². The molecule has 0 amide bonds. The smallest absolute Gasteiger partial charge is 0.139 e. The maximum Gasteiger partial charge on any atom is 0.139 e. The molecule has 0 N–H and O–H groups in total. The summed E-state index contributed by atoms with van der Waals surface area (Å²) in [5, 5.41) is 3.31. The van der Waals surface area contributed by atoms with Gasteiger partial charge in [0.15, 0.2) is 0 Å². The van der Waals surface area contributed by atoms with E-state index < -0.39 is 0 Å². The summed E-state index contributed by atoms with van der Waals surface area (Å²) < 4.78 is 0. The highest BCUT2D eigenvalue weighted by molar-refractivity contribution is 5.87. The van der Waals surface area contributed by atoms with Crippen LogP contribution < -0.4 is 0 Å². The van der Waals surface area contributed by atoms with Gasteiger partial charge in [-0.05, 0) is 68.1 Å². The first-order valence-electron chi connectivity index (χ1n) is 9.04. The van der Waals surface area contributed by atoms with Crippen LogP contribution in [0.4, 0.5) is 0 Å². The van der Waals surface area contributed by atoms with Crippen molar-refractivity contribution in [2.75, 3.05) is 0 Å². The van der Waals surface area contributed by atoms with Crippen LogP contribution in [0, 0.1) is 33.5 Å². The molecule has 6 unspecified atom stereocenters. The van der Waals surface area contributed by atoms with E-state index in [1.807, 2.05) is 0 Å². The molecule has 3 nitrogen and oxygen atoms in total. The highest BCUT2D eigenvalue weighted by Gasteiger charge is 2.58. The molecule has 0 aliphatic heterocycles. The zero-order valence-electron chi connectivity index (χ0n) is 13.8. The predicted molar refractivity (Wildman–Crippen MR) is 86.3 cm³/mol. The molecule has 0 aromatic heterocycles. The number of carbonyl (C=O) groups is 1. The van der Waals surface area contributed by atoms with Crippen LogP contribution in [0.2, 0.25) is 0 Å². The Bertz CT molecular complexity index is 554. The normalized spacial score (nSPS) is 50.6. The summed E-state index contributed by atoms with van der Waals surface area (Å²) >= 11 is 0. The van der Waals surface area contributed by atoms with Crippen molar-refractivity contribution in [2.45, 2.75) is 71.3 Å². The number of hydrogen-bond donors (Lipinski definition) is 0. The maximum absolute atomic E-state index is 12.4. The lowest BCUT2D eigenvalue weighted by Gasteiger charge is -2.56. The fraction of sp³-hybridized carbons (Fsp3) is 0.842. The van der Waals surface area contributed by atoms with Crippen molar-refractivity contribution in [3.8, 4) is 0 Å². The summed E-state index contributed by atoms with van der Waals surface area (Å²) in [4.78, 5) is 23.3. The summed E-state index contributed by atoms with van der Waals surface area (Å²) in [6, 6.07) is -0.00205. The van der Waals surface area contributed by atoms with E-state index in [4.69, 9.17) is 0 Å². The van der Waals surface area contributed by atoms with Gasteiger partial charge in [0.05, 0.1) is 6.04 Å². The van der Waals surface area contributed by atoms with E-state index in [1.165, 1.54) is 12.0 Å². The third-order valence-corrected chi connectivity index (χ3v) is 7.94. The standard InChI is InChI=1S/C19H27NO2/c1-18-9-7-13(20-22)11-12(18)3-4-14-15-5-6-17(21)19(15,2)10-8-16(14)18/h3,13-16H,4-11H2,1-2H3. The van der Waals surface area contributed by atoms with Gasteiger partial charge in [-0.25, -0.2) is 0 Å². The minimum Gasteiger partial charge on any atom is -0.299 e. The predicted octanol–water partition coefficient (Wildman–Crippen LogP) is 4.65. The van der Waals surface area contributed by atoms with Gasteiger partial charge in [-0.2, -0.15) is 4.91 Å². The van der Waals surface area contributed by atoms with E-state index in [2.05, 4.69) is 25.1 Å². The average Bonchev–Trinajstić information content (AvgIpc) is 2.82. The van der Waals surface area contributed by atoms with Crippen molar-refractivity contribution in [3.05, 3.63) is 16.6 Å². The molecule has 0 saturated heterocycles. The van der Waals surface area contributed by atoms with Crippen LogP contribution in [0.25, 0.3) is 0 Å². The van der Waals surface area contributed by atoms with Crippen LogP contribution >= 0.6 is 0 Å². The number of carbonyl (C=O) groups excluding carboxylic acids is 1. The molecule has 4 aliphatic carbocycles. The molecule has 6 atom stereocenters. The molecule has 0 aromatic rings. The maximum atomic E-state index is 12.4. The number of hydrogen-bond acceptors (Lipinski definition) is 3. The Hall–Kier alpha value is -0.990. The van der Waals surface area contributed by atoms with E-state index in [9.17, 15) is 9.70 Å². The molecule has 120 valence electrons. The quantitative estimate of drug-likeness (QED) is 0.522. The molecular formula is C19H27NO2. The van der Waals surface area contributed by atoms with E-state index in [-0.39, 0.29) is 16.9 Å². The van der Waals surface area contributed by atoms with Crippen molar-refractivity contribution in [3.63, 3.8) is 0 Å². The highest BCUT2D eigenvalue weighted by atomic mass is 16.3. The van der Waals surface area contributed by atoms with Crippen LogP contribution in [-0.4, -0.2) is 11.8 Å². The van der Waals surface area contributed by atoms with Gasteiger partial charge in [0.25, 0.3) is 0 Å². The van der Waals surface area contributed by atoms with E-state index in [0.717, 1.165) is 44.9 Å². The van der Waals surface area contributed by atoms with Gasteiger partial charge in [0.1, 0.15) is 5.78 Å². The second-order valence-electron chi connectivity index (χ2n) is 8.68. The summed E-state index contributed by atoms with van der Waals surface area (Å²) in [6.07, 6.45) is 10.6. The Labute approximate surface area is 132 Å². The first kappa shape index (κ1) is 14.6. The van der Waals surface area contributed by atoms with E-state index in [1.54, 1.807) is 0 Å². The minimum atomic E-state index is -0.0373. The number of nitroso groups, excluding NO2 is 1. The molecular weight excluding hydrogens is 274 g/mol. The number of rotatable bonds is 1. The van der Waals surface area contributed by atoms with E-state index >= 15 is 0 Å². The van der Waals surface area contributed by atoms with Crippen LogP contribution in [0.1, 0.15) is 65.2 Å². The molecule has 4 rings (SSSR count). The van der Waals surface area contributed by atoms with Gasteiger partial charge in [-0.3, -0.25) is 4.79 Å². The first-order chi connectivity index (χ1) is 10.5. The highest BCUT2D eigenvalue weighted by Crippen LogP contribution is 2.64. The Morgan fingerprint density at radius 3 is 2.59 bits per heavy atom. The second-order valence-corrected chi connectivity index (χ2v) is 8.68. The lowest BCUT2D eigenvalue weighted by Crippen LogP contribution is -2.50. The molecule has 0 aromatic carbocycles. The summed E-state index contributed by atoms with van der Waals surface area (Å²) in [7, 11) is 0. The Kier molecular flexibility index (Phi) is 3.15. The van der Waals surface area contributed by atoms with Crippen LogP contribution in [0.5, 0.6) is 0 Å². The molecule has 4 aliphatic rings. The third-order valence-electron chi connectivity index (χ3n) is 7.94. The van der Waals surface area contributed by atoms with Crippen molar-refractivity contribution >= 4 is 5.78 Å². The second kappa shape index (κ2) is 4.75. The molecule has 0 bridgehead atoms. The lowest BCUT2D eigenvalue weighted by molar-refractivity contribution is -0.131. The fourth-order valence-electron chi connectivity index (χ4n) is 6.50. The topological polar surface area (TPSA) is 46.5 Å². The third kappa shape index (κ3) is 1.77. The lowest BCUT2D eigenvalue weighted by atomic mass is 9.48. The molecule has 0 spiro atoms. The largest absolute Gasteiger partial charge is 0.299 e. The number of ketones is 1. The van der Waals surface area contributed by atoms with Crippen molar-refractivity contribution in [1.82, 2.24) is 0 Å². The van der Waals surface area contributed by atoms with Crippen molar-refractivity contribution in [1.29, 1.82) is 0 Å². The number of Topliss-reactive ketones (excluding diaryl/α,β-unsaturated/α-hetero) is 1. The van der Waals surface area contributed by atoms with Crippen LogP contribution in [0.3, 0.4) is 0 Å². The fourth-order valence-corrected chi connectivity index (χ4v) is 6.50. The monoisotopic (exact) mass is 301 g/mol. The Morgan fingerprint density at radius 1 is 1.09 bits per heavy atom. The summed E-state index contributed by atoms with van der Waals surface area (Å²) in [5.74, 6) is 2.50. The summed E-state index contributed by atoms with van der Waals surface area (Å²) in [5.41, 5.74) is 1.72.